The van der Waals surface area contributed by atoms with E-state index in [9.17, 15) is 0 Å². The van der Waals surface area contributed by atoms with E-state index in [1.807, 2.05) is 0 Å². The average molecular weight is 175 g/mol. The molecular formula is C9H21NO2. The van der Waals surface area contributed by atoms with Crippen LogP contribution in [0.2, 0.25) is 0 Å². The number of nitrogens with two attached hydrogens (primary N) is 1. The number of hydrogen-bond acceptors (Lipinski definition) is 2. The standard InChI is InChI=1S/C7H17N.C2H4O2/c1-3-4-5-6-7-8-2;1-2(3)4/h8H,3-7H2,1-2H3;1H3,(H,3,4). The number of carboxylic acid groups (broad SMARTS) is 1. The summed E-state index contributed by atoms with van der Waals surface area (Å²) in [6.07, 6.45) is 5.57. The lowest BCUT2D eigenvalue weighted by atomic mass is 10.2. The number of quaternary nitrogens is 1. The van der Waals surface area contributed by atoms with E-state index >= 15 is 0 Å². The molecule has 0 saturated carbocycles. The van der Waals surface area contributed by atoms with Crippen molar-refractivity contribution in [3.05, 3.63) is 0 Å². The van der Waals surface area contributed by atoms with E-state index in [-0.39, 0.29) is 0 Å². The molecule has 0 fully saturated rings. The first-order valence-electron chi connectivity index (χ1n) is 4.60. The number of hydrogen-bond donors (Lipinski definition) is 1. The first-order chi connectivity index (χ1) is 5.65. The van der Waals surface area contributed by atoms with Gasteiger partial charge < -0.3 is 15.2 Å². The fraction of sp³-hybridized carbons (Fsp3) is 0.889. The van der Waals surface area contributed by atoms with E-state index in [1.54, 1.807) is 0 Å². The minimum absolute atomic E-state index is 0.972. The Hall–Kier alpha value is -0.570. The topological polar surface area (TPSA) is 56.7 Å². The predicted octanol–water partition coefficient (Wildman–Crippen LogP) is -0.484. The second kappa shape index (κ2) is 13.1. The van der Waals surface area contributed by atoms with Gasteiger partial charge in [0.2, 0.25) is 0 Å². The summed E-state index contributed by atoms with van der Waals surface area (Å²) >= 11 is 0. The summed E-state index contributed by atoms with van der Waals surface area (Å²) in [5, 5.41) is 11.1. The van der Waals surface area contributed by atoms with Gasteiger partial charge in [-0.1, -0.05) is 19.8 Å². The average Bonchev–Trinajstić information content (AvgIpc) is 1.97. The van der Waals surface area contributed by atoms with Gasteiger partial charge in [0.15, 0.2) is 0 Å². The number of carbonyl (C=O) groups is 1. The monoisotopic (exact) mass is 175 g/mol. The highest BCUT2D eigenvalue weighted by molar-refractivity contribution is 5.60. The molecule has 0 unspecified atom stereocenters. The highest BCUT2D eigenvalue weighted by Crippen LogP contribution is 1.95. The zero-order chi connectivity index (χ0) is 9.82. The SMILES string of the molecule is CC(=O)[O-].CCCCCC[NH2+]C. The zero-order valence-corrected chi connectivity index (χ0v) is 8.43. The Kier molecular flexibility index (Phi) is 15.2. The molecule has 0 amide bonds. The Bertz CT molecular complexity index is 84.5. The summed E-state index contributed by atoms with van der Waals surface area (Å²) in [6.45, 7) is 4.52. The molecule has 0 aromatic heterocycles. The molecule has 0 aliphatic carbocycles. The van der Waals surface area contributed by atoms with Crippen LogP contribution in [0.1, 0.15) is 39.5 Å². The van der Waals surface area contributed by atoms with Crippen LogP contribution in [0, 0.1) is 0 Å². The third-order valence-electron chi connectivity index (χ3n) is 1.35. The van der Waals surface area contributed by atoms with Gasteiger partial charge >= 0.3 is 0 Å². The van der Waals surface area contributed by atoms with Crippen molar-refractivity contribution in [3.63, 3.8) is 0 Å². The van der Waals surface area contributed by atoms with Gasteiger partial charge in [-0.15, -0.1) is 0 Å². The van der Waals surface area contributed by atoms with Gasteiger partial charge in [-0.3, -0.25) is 0 Å². The second-order valence-corrected chi connectivity index (χ2v) is 2.75. The second-order valence-electron chi connectivity index (χ2n) is 2.75. The van der Waals surface area contributed by atoms with Gasteiger partial charge in [-0.25, -0.2) is 0 Å². The van der Waals surface area contributed by atoms with Crippen molar-refractivity contribution < 1.29 is 15.2 Å². The Morgan fingerprint density at radius 1 is 1.33 bits per heavy atom. The highest BCUT2D eigenvalue weighted by atomic mass is 16.4. The maximum absolute atomic E-state index is 8.89. The number of aliphatic carboxylic acids is 1. The first-order valence-corrected chi connectivity index (χ1v) is 4.60. The van der Waals surface area contributed by atoms with Gasteiger partial charge in [0.1, 0.15) is 0 Å². The molecule has 0 heterocycles. The number of carbonyl (C=O) groups excluding carboxylic acids is 1. The maximum Gasteiger partial charge on any atom is 0.0753 e. The molecule has 0 rings (SSSR count). The van der Waals surface area contributed by atoms with Gasteiger partial charge in [-0.05, 0) is 19.8 Å². The summed E-state index contributed by atoms with van der Waals surface area (Å²) in [5.74, 6) is -1.08. The highest BCUT2D eigenvalue weighted by Gasteiger charge is 1.84. The van der Waals surface area contributed by atoms with Gasteiger partial charge in [0.25, 0.3) is 0 Å². The molecule has 2 N–H and O–H groups in total. The van der Waals surface area contributed by atoms with Crippen molar-refractivity contribution in [2.24, 2.45) is 0 Å². The van der Waals surface area contributed by atoms with Gasteiger partial charge in [0.05, 0.1) is 13.6 Å². The molecule has 0 aliphatic heterocycles. The van der Waals surface area contributed by atoms with Crippen LogP contribution in [0.25, 0.3) is 0 Å². The van der Waals surface area contributed by atoms with E-state index in [0.717, 1.165) is 6.92 Å². The van der Waals surface area contributed by atoms with E-state index in [2.05, 4.69) is 19.3 Å². The summed E-state index contributed by atoms with van der Waals surface area (Å²) in [4.78, 5) is 8.89. The third kappa shape index (κ3) is 34.1. The fourth-order valence-corrected chi connectivity index (χ4v) is 0.775. The Morgan fingerprint density at radius 2 is 1.83 bits per heavy atom. The quantitative estimate of drug-likeness (QED) is 0.574. The lowest BCUT2D eigenvalue weighted by Gasteiger charge is -1.93. The van der Waals surface area contributed by atoms with E-state index < -0.39 is 5.97 Å². The van der Waals surface area contributed by atoms with Crippen molar-refractivity contribution in [1.82, 2.24) is 0 Å². The molecule has 0 atom stereocenters. The molecule has 0 aromatic carbocycles. The molecule has 12 heavy (non-hydrogen) atoms. The minimum atomic E-state index is -1.08. The smallest absolute Gasteiger partial charge is 0.0753 e. The number of rotatable bonds is 5. The normalized spacial score (nSPS) is 8.58. The predicted molar refractivity (Wildman–Crippen MR) is 47.5 cm³/mol. The molecule has 0 radical (unpaired) electrons. The molecule has 0 bridgehead atoms. The summed E-state index contributed by atoms with van der Waals surface area (Å²) in [6, 6.07) is 0. The zero-order valence-electron chi connectivity index (χ0n) is 8.43. The first kappa shape index (κ1) is 14.0. The minimum Gasteiger partial charge on any atom is -0.550 e. The van der Waals surface area contributed by atoms with Crippen molar-refractivity contribution in [1.29, 1.82) is 0 Å². The maximum atomic E-state index is 8.89. The Labute approximate surface area is 75.2 Å². The summed E-state index contributed by atoms with van der Waals surface area (Å²) < 4.78 is 0. The molecule has 0 aliphatic rings. The van der Waals surface area contributed by atoms with Crippen LogP contribution in [0.5, 0.6) is 0 Å². The largest absolute Gasteiger partial charge is 0.550 e. The van der Waals surface area contributed by atoms with Crippen LogP contribution in [-0.4, -0.2) is 19.6 Å². The molecule has 0 saturated heterocycles. The van der Waals surface area contributed by atoms with Crippen molar-refractivity contribution in [2.75, 3.05) is 13.6 Å². The lowest BCUT2D eigenvalue weighted by Crippen LogP contribution is -2.79. The summed E-state index contributed by atoms with van der Waals surface area (Å²) in [7, 11) is 2.13. The van der Waals surface area contributed by atoms with Crippen molar-refractivity contribution in [3.8, 4) is 0 Å². The number of unbranched alkanes of at least 4 members (excludes halogenated alkanes) is 3. The molecule has 3 nitrogen and oxygen atoms in total. The van der Waals surface area contributed by atoms with Crippen molar-refractivity contribution in [2.45, 2.75) is 39.5 Å². The Morgan fingerprint density at radius 3 is 2.17 bits per heavy atom. The van der Waals surface area contributed by atoms with Crippen LogP contribution in [0.15, 0.2) is 0 Å². The van der Waals surface area contributed by atoms with E-state index in [4.69, 9.17) is 9.90 Å². The third-order valence-corrected chi connectivity index (χ3v) is 1.35. The summed E-state index contributed by atoms with van der Waals surface area (Å²) in [5.41, 5.74) is 0. The van der Waals surface area contributed by atoms with Crippen LogP contribution in [-0.2, 0) is 4.79 Å². The van der Waals surface area contributed by atoms with Crippen LogP contribution >= 0.6 is 0 Å². The van der Waals surface area contributed by atoms with Gasteiger partial charge in [-0.2, -0.15) is 0 Å². The van der Waals surface area contributed by atoms with Crippen LogP contribution in [0.4, 0.5) is 0 Å². The fourth-order valence-electron chi connectivity index (χ4n) is 0.775. The Balaban J connectivity index is 0. The molecule has 3 heteroatoms. The molecular weight excluding hydrogens is 154 g/mol. The van der Waals surface area contributed by atoms with Crippen molar-refractivity contribution >= 4 is 5.97 Å². The molecule has 0 aromatic rings. The molecule has 0 spiro atoms. The lowest BCUT2D eigenvalue weighted by molar-refractivity contribution is -0.627. The number of carboxylic acids is 1. The molecule has 74 valence electrons. The van der Waals surface area contributed by atoms with Crippen LogP contribution < -0.4 is 10.4 Å². The van der Waals surface area contributed by atoms with E-state index in [0.29, 0.717) is 0 Å². The van der Waals surface area contributed by atoms with E-state index in [1.165, 1.54) is 32.2 Å². The van der Waals surface area contributed by atoms with Gasteiger partial charge in [0, 0.05) is 5.97 Å². The van der Waals surface area contributed by atoms with Crippen LogP contribution in [0.3, 0.4) is 0 Å².